The van der Waals surface area contributed by atoms with Crippen molar-refractivity contribution in [2.75, 3.05) is 7.11 Å². The van der Waals surface area contributed by atoms with Crippen molar-refractivity contribution in [2.45, 2.75) is 46.6 Å². The zero-order chi connectivity index (χ0) is 14.2. The number of rotatable bonds is 3. The molecule has 1 aromatic rings. The van der Waals surface area contributed by atoms with Gasteiger partial charge in [-0.2, -0.15) is 0 Å². The van der Waals surface area contributed by atoms with Gasteiger partial charge in [0.1, 0.15) is 0 Å². The molecule has 0 aromatic carbocycles. The van der Waals surface area contributed by atoms with Gasteiger partial charge < -0.3 is 9.30 Å². The van der Waals surface area contributed by atoms with Crippen LogP contribution in [0, 0.1) is 12.3 Å². The first-order valence-corrected chi connectivity index (χ1v) is 6.63. The molecule has 4 heteroatoms. The lowest BCUT2D eigenvalue weighted by atomic mass is 9.76. The highest BCUT2D eigenvalue weighted by molar-refractivity contribution is 5.99. The Hall–Kier alpha value is -1.58. The lowest BCUT2D eigenvalue weighted by Crippen LogP contribution is -2.28. The van der Waals surface area contributed by atoms with Crippen molar-refractivity contribution in [3.05, 3.63) is 23.0 Å². The zero-order valence-corrected chi connectivity index (χ0v) is 12.1. The molecule has 19 heavy (non-hydrogen) atoms. The summed E-state index contributed by atoms with van der Waals surface area (Å²) in [5.74, 6) is -0.00517. The first kappa shape index (κ1) is 13.8. The zero-order valence-electron chi connectivity index (χ0n) is 12.1. The molecule has 1 aromatic heterocycles. The number of hydrogen-bond donors (Lipinski definition) is 0. The highest BCUT2D eigenvalue weighted by Crippen LogP contribution is 2.36. The van der Waals surface area contributed by atoms with E-state index < -0.39 is 0 Å². The van der Waals surface area contributed by atoms with E-state index in [9.17, 15) is 9.59 Å². The van der Waals surface area contributed by atoms with E-state index >= 15 is 0 Å². The topological polar surface area (TPSA) is 48.3 Å². The van der Waals surface area contributed by atoms with E-state index in [1.807, 2.05) is 13.0 Å². The predicted octanol–water partition coefficient (Wildman–Crippen LogP) is 2.51. The number of carbonyl (C=O) groups is 2. The van der Waals surface area contributed by atoms with Gasteiger partial charge >= 0.3 is 5.97 Å². The van der Waals surface area contributed by atoms with Gasteiger partial charge in [-0.15, -0.1) is 0 Å². The molecule has 0 saturated carbocycles. The standard InChI is InChI=1S/C15H21NO3/c1-10-7-11-12(8-15(2,3)9-13(11)17)16(10)6-5-14(18)19-4/h7H,5-6,8-9H2,1-4H3. The Balaban J connectivity index is 2.31. The first-order valence-electron chi connectivity index (χ1n) is 6.63. The molecule has 104 valence electrons. The Kier molecular flexibility index (Phi) is 3.52. The van der Waals surface area contributed by atoms with Crippen LogP contribution >= 0.6 is 0 Å². The minimum atomic E-state index is -0.219. The maximum absolute atomic E-state index is 12.2. The van der Waals surface area contributed by atoms with Gasteiger partial charge in [0.2, 0.25) is 0 Å². The summed E-state index contributed by atoms with van der Waals surface area (Å²) < 4.78 is 6.76. The number of ketones is 1. The van der Waals surface area contributed by atoms with Gasteiger partial charge in [-0.05, 0) is 24.8 Å². The molecular formula is C15H21NO3. The van der Waals surface area contributed by atoms with Crippen molar-refractivity contribution < 1.29 is 14.3 Å². The maximum atomic E-state index is 12.2. The summed E-state index contributed by atoms with van der Waals surface area (Å²) >= 11 is 0. The average molecular weight is 263 g/mol. The molecule has 0 fully saturated rings. The molecule has 1 aliphatic rings. The SMILES string of the molecule is COC(=O)CCn1c(C)cc2c1CC(C)(C)CC2=O. The van der Waals surface area contributed by atoms with Gasteiger partial charge in [0.25, 0.3) is 0 Å². The summed E-state index contributed by atoms with van der Waals surface area (Å²) in [6.45, 7) is 6.79. The van der Waals surface area contributed by atoms with Gasteiger partial charge in [0, 0.05) is 29.9 Å². The lowest BCUT2D eigenvalue weighted by Gasteiger charge is -2.29. The Bertz CT molecular complexity index is 526. The monoisotopic (exact) mass is 263 g/mol. The Morgan fingerprint density at radius 1 is 1.42 bits per heavy atom. The van der Waals surface area contributed by atoms with Crippen LogP contribution in [0.15, 0.2) is 6.07 Å². The Labute approximate surface area is 113 Å². The first-order chi connectivity index (χ1) is 8.84. The van der Waals surface area contributed by atoms with Crippen LogP contribution in [0.3, 0.4) is 0 Å². The number of nitrogens with zero attached hydrogens (tertiary/aromatic N) is 1. The molecule has 0 unspecified atom stereocenters. The van der Waals surface area contributed by atoms with Crippen LogP contribution in [0.2, 0.25) is 0 Å². The summed E-state index contributed by atoms with van der Waals surface area (Å²) in [7, 11) is 1.40. The van der Waals surface area contributed by atoms with E-state index in [-0.39, 0.29) is 17.2 Å². The number of fused-ring (bicyclic) bond motifs is 1. The number of carbonyl (C=O) groups excluding carboxylic acids is 2. The second kappa shape index (κ2) is 4.83. The van der Waals surface area contributed by atoms with E-state index in [1.165, 1.54) is 7.11 Å². The normalized spacial score (nSPS) is 17.2. The van der Waals surface area contributed by atoms with Crippen LogP contribution in [-0.4, -0.2) is 23.4 Å². The number of methoxy groups -OCH3 is 1. The third-order valence-corrected chi connectivity index (χ3v) is 3.77. The summed E-state index contributed by atoms with van der Waals surface area (Å²) in [5, 5.41) is 0. The summed E-state index contributed by atoms with van der Waals surface area (Å²) in [5.41, 5.74) is 2.95. The number of Topliss-reactive ketones (excluding diaryl/α,β-unsaturated/α-hetero) is 1. The third kappa shape index (κ3) is 2.72. The summed E-state index contributed by atoms with van der Waals surface area (Å²) in [6.07, 6.45) is 1.82. The van der Waals surface area contributed by atoms with Gasteiger partial charge in [-0.25, -0.2) is 0 Å². The van der Waals surface area contributed by atoms with Crippen molar-refractivity contribution in [2.24, 2.45) is 5.41 Å². The highest BCUT2D eigenvalue weighted by Gasteiger charge is 2.33. The molecular weight excluding hydrogens is 242 g/mol. The highest BCUT2D eigenvalue weighted by atomic mass is 16.5. The predicted molar refractivity (Wildman–Crippen MR) is 72.2 cm³/mol. The maximum Gasteiger partial charge on any atom is 0.307 e. The van der Waals surface area contributed by atoms with E-state index in [0.717, 1.165) is 23.4 Å². The van der Waals surface area contributed by atoms with Crippen molar-refractivity contribution in [3.8, 4) is 0 Å². The molecule has 0 bridgehead atoms. The number of hydrogen-bond acceptors (Lipinski definition) is 3. The quantitative estimate of drug-likeness (QED) is 0.787. The molecule has 0 saturated heterocycles. The fourth-order valence-corrected chi connectivity index (χ4v) is 2.82. The molecule has 4 nitrogen and oxygen atoms in total. The molecule has 0 aliphatic heterocycles. The van der Waals surface area contributed by atoms with E-state index in [1.54, 1.807) is 0 Å². The third-order valence-electron chi connectivity index (χ3n) is 3.77. The Morgan fingerprint density at radius 2 is 2.11 bits per heavy atom. The van der Waals surface area contributed by atoms with Crippen LogP contribution in [0.1, 0.15) is 48.4 Å². The fourth-order valence-electron chi connectivity index (χ4n) is 2.82. The summed E-state index contributed by atoms with van der Waals surface area (Å²) in [4.78, 5) is 23.4. The lowest BCUT2D eigenvalue weighted by molar-refractivity contribution is -0.140. The molecule has 1 aliphatic carbocycles. The average Bonchev–Trinajstić information content (AvgIpc) is 2.61. The minimum absolute atomic E-state index is 0.00209. The van der Waals surface area contributed by atoms with Crippen LogP contribution in [-0.2, 0) is 22.5 Å². The van der Waals surface area contributed by atoms with Crippen LogP contribution in [0.5, 0.6) is 0 Å². The van der Waals surface area contributed by atoms with Gasteiger partial charge in [0.15, 0.2) is 5.78 Å². The van der Waals surface area contributed by atoms with Gasteiger partial charge in [-0.1, -0.05) is 13.8 Å². The van der Waals surface area contributed by atoms with Gasteiger partial charge in [-0.3, -0.25) is 9.59 Å². The number of aromatic nitrogens is 1. The number of esters is 1. The smallest absolute Gasteiger partial charge is 0.307 e. The molecule has 0 spiro atoms. The van der Waals surface area contributed by atoms with Crippen LogP contribution in [0.25, 0.3) is 0 Å². The van der Waals surface area contributed by atoms with E-state index in [4.69, 9.17) is 0 Å². The molecule has 0 amide bonds. The Morgan fingerprint density at radius 3 is 2.74 bits per heavy atom. The minimum Gasteiger partial charge on any atom is -0.469 e. The summed E-state index contributed by atoms with van der Waals surface area (Å²) in [6, 6.07) is 1.95. The molecule has 0 N–H and O–H groups in total. The molecule has 2 rings (SSSR count). The second-order valence-electron chi connectivity index (χ2n) is 6.06. The van der Waals surface area contributed by atoms with Gasteiger partial charge in [0.05, 0.1) is 13.5 Å². The van der Waals surface area contributed by atoms with E-state index in [0.29, 0.717) is 19.4 Å². The molecule has 0 atom stereocenters. The molecule has 0 radical (unpaired) electrons. The van der Waals surface area contributed by atoms with Crippen LogP contribution in [0.4, 0.5) is 0 Å². The van der Waals surface area contributed by atoms with E-state index in [2.05, 4.69) is 23.2 Å². The molecule has 1 heterocycles. The fraction of sp³-hybridized carbons (Fsp3) is 0.600. The van der Waals surface area contributed by atoms with Crippen molar-refractivity contribution >= 4 is 11.8 Å². The second-order valence-corrected chi connectivity index (χ2v) is 6.06. The van der Waals surface area contributed by atoms with Crippen LogP contribution < -0.4 is 0 Å². The van der Waals surface area contributed by atoms with Crippen molar-refractivity contribution in [3.63, 3.8) is 0 Å². The van der Waals surface area contributed by atoms with Crippen molar-refractivity contribution in [1.82, 2.24) is 4.57 Å². The number of aryl methyl sites for hydroxylation is 1. The van der Waals surface area contributed by atoms with Crippen molar-refractivity contribution in [1.29, 1.82) is 0 Å². The largest absolute Gasteiger partial charge is 0.469 e. The number of ether oxygens (including phenoxy) is 1.